The van der Waals surface area contributed by atoms with Crippen molar-refractivity contribution in [1.29, 1.82) is 0 Å². The molecule has 112 valence electrons. The Morgan fingerprint density at radius 3 is 2.90 bits per heavy atom. The molecule has 0 unspecified atom stereocenters. The molecule has 2 amide bonds. The van der Waals surface area contributed by atoms with Crippen molar-refractivity contribution in [3.05, 3.63) is 18.2 Å². The van der Waals surface area contributed by atoms with Gasteiger partial charge >= 0.3 is 12.0 Å². The van der Waals surface area contributed by atoms with Crippen LogP contribution in [0.3, 0.4) is 0 Å². The number of carboxylic acid groups (broad SMARTS) is 1. The highest BCUT2D eigenvalue weighted by molar-refractivity contribution is 5.90. The second-order valence-corrected chi connectivity index (χ2v) is 5.12. The van der Waals surface area contributed by atoms with Crippen LogP contribution in [0.1, 0.15) is 12.8 Å². The van der Waals surface area contributed by atoms with E-state index in [4.69, 9.17) is 14.6 Å². The van der Waals surface area contributed by atoms with E-state index >= 15 is 0 Å². The van der Waals surface area contributed by atoms with Crippen molar-refractivity contribution in [3.8, 4) is 11.5 Å². The standard InChI is InChI=1S/C14H16N2O5/c17-13(18)9-2-1-5-16(7-9)14(19)15-10-3-4-11-12(6-10)21-8-20-11/h3-4,6,9H,1-2,5,7-8H2,(H,15,19)(H,17,18)/t9-/m1/s1. The van der Waals surface area contributed by atoms with Crippen molar-refractivity contribution < 1.29 is 24.2 Å². The summed E-state index contributed by atoms with van der Waals surface area (Å²) in [7, 11) is 0. The number of amides is 2. The molecule has 2 heterocycles. The van der Waals surface area contributed by atoms with Crippen LogP contribution in [-0.2, 0) is 4.79 Å². The van der Waals surface area contributed by atoms with Gasteiger partial charge in [0.1, 0.15) is 0 Å². The normalized spacial score (nSPS) is 20.2. The van der Waals surface area contributed by atoms with Crippen LogP contribution >= 0.6 is 0 Å². The summed E-state index contributed by atoms with van der Waals surface area (Å²) in [5, 5.41) is 11.8. The number of carbonyl (C=O) groups excluding carboxylic acids is 1. The van der Waals surface area contributed by atoms with Crippen LogP contribution in [0.5, 0.6) is 11.5 Å². The number of nitrogens with one attached hydrogen (secondary N) is 1. The number of aliphatic carboxylic acids is 1. The Kier molecular flexibility index (Phi) is 3.55. The molecule has 3 rings (SSSR count). The van der Waals surface area contributed by atoms with E-state index in [1.165, 1.54) is 4.90 Å². The van der Waals surface area contributed by atoms with Gasteiger partial charge in [0.15, 0.2) is 11.5 Å². The molecular formula is C14H16N2O5. The highest BCUT2D eigenvalue weighted by Gasteiger charge is 2.28. The molecule has 0 aromatic heterocycles. The number of carbonyl (C=O) groups is 2. The molecule has 7 heteroatoms. The Bertz CT molecular complexity index is 574. The molecule has 1 aromatic rings. The van der Waals surface area contributed by atoms with Gasteiger partial charge in [0, 0.05) is 24.8 Å². The minimum absolute atomic E-state index is 0.180. The van der Waals surface area contributed by atoms with E-state index in [1.807, 2.05) is 0 Å². The lowest BCUT2D eigenvalue weighted by Crippen LogP contribution is -2.44. The molecular weight excluding hydrogens is 276 g/mol. The number of hydrogen-bond donors (Lipinski definition) is 2. The number of fused-ring (bicyclic) bond motifs is 1. The molecule has 2 aliphatic rings. The van der Waals surface area contributed by atoms with Crippen LogP contribution in [0.2, 0.25) is 0 Å². The van der Waals surface area contributed by atoms with Crippen LogP contribution in [0.4, 0.5) is 10.5 Å². The molecule has 0 bridgehead atoms. The van der Waals surface area contributed by atoms with E-state index in [-0.39, 0.29) is 19.4 Å². The fourth-order valence-corrected chi connectivity index (χ4v) is 2.54. The van der Waals surface area contributed by atoms with Crippen molar-refractivity contribution in [2.45, 2.75) is 12.8 Å². The third kappa shape index (κ3) is 2.86. The molecule has 0 radical (unpaired) electrons. The number of ether oxygens (including phenoxy) is 2. The fourth-order valence-electron chi connectivity index (χ4n) is 2.54. The zero-order valence-corrected chi connectivity index (χ0v) is 11.4. The van der Waals surface area contributed by atoms with Crippen molar-refractivity contribution in [3.63, 3.8) is 0 Å². The molecule has 1 atom stereocenters. The molecule has 2 aliphatic heterocycles. The van der Waals surface area contributed by atoms with E-state index in [1.54, 1.807) is 18.2 Å². The first kappa shape index (κ1) is 13.5. The zero-order chi connectivity index (χ0) is 14.8. The van der Waals surface area contributed by atoms with Crippen LogP contribution < -0.4 is 14.8 Å². The number of nitrogens with zero attached hydrogens (tertiary/aromatic N) is 1. The lowest BCUT2D eigenvalue weighted by Gasteiger charge is -2.30. The van der Waals surface area contributed by atoms with Gasteiger partial charge < -0.3 is 24.8 Å². The predicted octanol–water partition coefficient (Wildman–Crippen LogP) is 1.74. The topological polar surface area (TPSA) is 88.1 Å². The summed E-state index contributed by atoms with van der Waals surface area (Å²) in [6.07, 6.45) is 1.31. The fraction of sp³-hybridized carbons (Fsp3) is 0.429. The molecule has 0 aliphatic carbocycles. The summed E-state index contributed by atoms with van der Waals surface area (Å²) in [6, 6.07) is 4.86. The maximum atomic E-state index is 12.2. The number of urea groups is 1. The highest BCUT2D eigenvalue weighted by atomic mass is 16.7. The molecule has 21 heavy (non-hydrogen) atoms. The minimum atomic E-state index is -0.851. The van der Waals surface area contributed by atoms with Gasteiger partial charge in [-0.2, -0.15) is 0 Å². The Balaban J connectivity index is 1.64. The van der Waals surface area contributed by atoms with Crippen molar-refractivity contribution in [1.82, 2.24) is 4.90 Å². The Labute approximate surface area is 121 Å². The first-order valence-corrected chi connectivity index (χ1v) is 6.82. The molecule has 2 N–H and O–H groups in total. The molecule has 0 saturated carbocycles. The van der Waals surface area contributed by atoms with Crippen molar-refractivity contribution in [2.24, 2.45) is 5.92 Å². The van der Waals surface area contributed by atoms with Gasteiger partial charge in [-0.15, -0.1) is 0 Å². The number of likely N-dealkylation sites (tertiary alicyclic amines) is 1. The number of anilines is 1. The minimum Gasteiger partial charge on any atom is -0.481 e. The number of hydrogen-bond acceptors (Lipinski definition) is 4. The maximum absolute atomic E-state index is 12.2. The zero-order valence-electron chi connectivity index (χ0n) is 11.4. The summed E-state index contributed by atoms with van der Waals surface area (Å²) >= 11 is 0. The van der Waals surface area contributed by atoms with Gasteiger partial charge in [0.2, 0.25) is 6.79 Å². The van der Waals surface area contributed by atoms with E-state index in [0.29, 0.717) is 36.6 Å². The third-order valence-corrected chi connectivity index (χ3v) is 3.68. The number of carboxylic acids is 1. The average Bonchev–Trinajstić information content (AvgIpc) is 2.95. The highest BCUT2D eigenvalue weighted by Crippen LogP contribution is 2.34. The van der Waals surface area contributed by atoms with Gasteiger partial charge in [0.05, 0.1) is 5.92 Å². The lowest BCUT2D eigenvalue weighted by molar-refractivity contribution is -0.143. The first-order valence-electron chi connectivity index (χ1n) is 6.82. The van der Waals surface area contributed by atoms with Gasteiger partial charge in [-0.25, -0.2) is 4.79 Å². The van der Waals surface area contributed by atoms with E-state index in [2.05, 4.69) is 5.32 Å². The van der Waals surface area contributed by atoms with Crippen LogP contribution in [-0.4, -0.2) is 41.9 Å². The summed E-state index contributed by atoms with van der Waals surface area (Å²) in [5.41, 5.74) is 0.599. The Morgan fingerprint density at radius 2 is 2.10 bits per heavy atom. The molecule has 1 saturated heterocycles. The van der Waals surface area contributed by atoms with Gasteiger partial charge in [0.25, 0.3) is 0 Å². The van der Waals surface area contributed by atoms with Gasteiger partial charge in [-0.05, 0) is 25.0 Å². The molecule has 1 aromatic carbocycles. The van der Waals surface area contributed by atoms with Crippen molar-refractivity contribution >= 4 is 17.7 Å². The van der Waals surface area contributed by atoms with E-state index < -0.39 is 11.9 Å². The number of rotatable bonds is 2. The van der Waals surface area contributed by atoms with Crippen LogP contribution in [0, 0.1) is 5.92 Å². The second kappa shape index (κ2) is 5.51. The molecule has 7 nitrogen and oxygen atoms in total. The van der Waals surface area contributed by atoms with E-state index in [0.717, 1.165) is 0 Å². The number of benzene rings is 1. The predicted molar refractivity (Wildman–Crippen MR) is 73.5 cm³/mol. The molecule has 1 fully saturated rings. The lowest BCUT2D eigenvalue weighted by atomic mass is 9.99. The Hall–Kier alpha value is -2.44. The largest absolute Gasteiger partial charge is 0.481 e. The SMILES string of the molecule is O=C(O)[C@@H]1CCCN(C(=O)Nc2ccc3c(c2)OCO3)C1. The van der Waals surface area contributed by atoms with Crippen LogP contribution in [0.15, 0.2) is 18.2 Å². The van der Waals surface area contributed by atoms with Crippen LogP contribution in [0.25, 0.3) is 0 Å². The van der Waals surface area contributed by atoms with Gasteiger partial charge in [-0.1, -0.05) is 0 Å². The maximum Gasteiger partial charge on any atom is 0.321 e. The average molecular weight is 292 g/mol. The second-order valence-electron chi connectivity index (χ2n) is 5.12. The quantitative estimate of drug-likeness (QED) is 0.867. The third-order valence-electron chi connectivity index (χ3n) is 3.68. The summed E-state index contributed by atoms with van der Waals surface area (Å²) < 4.78 is 10.5. The molecule has 0 spiro atoms. The Morgan fingerprint density at radius 1 is 1.29 bits per heavy atom. The summed E-state index contributed by atoms with van der Waals surface area (Å²) in [5.74, 6) is -0.0939. The first-order chi connectivity index (χ1) is 10.1. The van der Waals surface area contributed by atoms with E-state index in [9.17, 15) is 9.59 Å². The summed E-state index contributed by atoms with van der Waals surface area (Å²) in [6.45, 7) is 0.991. The smallest absolute Gasteiger partial charge is 0.321 e. The summed E-state index contributed by atoms with van der Waals surface area (Å²) in [4.78, 5) is 24.7. The monoisotopic (exact) mass is 292 g/mol. The number of piperidine rings is 1. The van der Waals surface area contributed by atoms with Gasteiger partial charge in [-0.3, -0.25) is 4.79 Å². The van der Waals surface area contributed by atoms with Crippen molar-refractivity contribution in [2.75, 3.05) is 25.2 Å².